The number of benzene rings is 1. The Labute approximate surface area is 187 Å². The minimum atomic E-state index is -3.96. The molecule has 0 fully saturated rings. The van der Waals surface area contributed by atoms with E-state index in [9.17, 15) is 8.42 Å². The second kappa shape index (κ2) is 10.2. The summed E-state index contributed by atoms with van der Waals surface area (Å²) in [6.45, 7) is 1.52. The summed E-state index contributed by atoms with van der Waals surface area (Å²) in [5.41, 5.74) is 0.779. The molecule has 1 aliphatic rings. The summed E-state index contributed by atoms with van der Waals surface area (Å²) in [6, 6.07) is 10.1. The second-order valence-electron chi connectivity index (χ2n) is 6.53. The number of ether oxygens (including phenoxy) is 3. The third-order valence-corrected chi connectivity index (χ3v) is 5.69. The molecule has 2 aromatic rings. The summed E-state index contributed by atoms with van der Waals surface area (Å²) < 4.78 is 48.1. The van der Waals surface area contributed by atoms with Gasteiger partial charge in [-0.2, -0.15) is 8.42 Å². The maximum absolute atomic E-state index is 10.8. The predicted octanol–water partition coefficient (Wildman–Crippen LogP) is 0.159. The molecule has 2 heterocycles. The minimum absolute atomic E-state index is 0. The van der Waals surface area contributed by atoms with E-state index >= 15 is 0 Å². The van der Waals surface area contributed by atoms with Crippen LogP contribution in [0.15, 0.2) is 41.1 Å². The molecule has 0 amide bonds. The van der Waals surface area contributed by atoms with Crippen molar-refractivity contribution in [1.82, 2.24) is 0 Å². The monoisotopic (exact) mass is 422 g/mol. The van der Waals surface area contributed by atoms with Crippen LogP contribution in [-0.2, 0) is 21.3 Å². The maximum Gasteiger partial charge on any atom is 1.00 e. The Morgan fingerprint density at radius 3 is 2.37 bits per heavy atom. The van der Waals surface area contributed by atoms with Crippen LogP contribution in [0.1, 0.15) is 13.4 Å². The molecule has 0 spiro atoms. The average molecular weight is 423 g/mol. The molecule has 1 aromatic heterocycles. The zero-order valence-electron chi connectivity index (χ0n) is 16.3. The molecule has 0 unspecified atom stereocenters. The van der Waals surface area contributed by atoms with Crippen molar-refractivity contribution < 1.29 is 58.2 Å². The smallest absolute Gasteiger partial charge is 1.00 e. The molecule has 0 radical (unpaired) electrons. The van der Waals surface area contributed by atoms with E-state index in [1.807, 2.05) is 29.0 Å². The van der Waals surface area contributed by atoms with Crippen molar-refractivity contribution in [2.45, 2.75) is 12.8 Å². The molecule has 144 valence electrons. The van der Waals surface area contributed by atoms with Crippen LogP contribution in [0.4, 0.5) is 0 Å². The first-order valence-corrected chi connectivity index (χ1v) is 10.9. The SMILES string of the molecule is O=S(=O)(O)CCCOCC1(Cc2ccccc2)COc2cscc2OC1.[H-].[Na+]. The molecule has 0 bridgehead atoms. The Bertz CT molecular complexity index is 790. The van der Waals surface area contributed by atoms with Gasteiger partial charge in [-0.1, -0.05) is 30.3 Å². The van der Waals surface area contributed by atoms with Gasteiger partial charge in [0.2, 0.25) is 0 Å². The van der Waals surface area contributed by atoms with E-state index in [0.717, 1.165) is 23.5 Å². The van der Waals surface area contributed by atoms with E-state index in [0.29, 0.717) is 19.8 Å². The van der Waals surface area contributed by atoms with E-state index in [-0.39, 0.29) is 55.2 Å². The molecule has 6 nitrogen and oxygen atoms in total. The van der Waals surface area contributed by atoms with Crippen LogP contribution < -0.4 is 39.0 Å². The van der Waals surface area contributed by atoms with Crippen LogP contribution in [0.25, 0.3) is 0 Å². The predicted molar refractivity (Wildman–Crippen MR) is 101 cm³/mol. The van der Waals surface area contributed by atoms with Gasteiger partial charge in [0.15, 0.2) is 11.5 Å². The quantitative estimate of drug-likeness (QED) is 0.371. The first-order chi connectivity index (χ1) is 12.5. The summed E-state index contributed by atoms with van der Waals surface area (Å²) in [6.07, 6.45) is 0.967. The third-order valence-electron chi connectivity index (χ3n) is 4.18. The van der Waals surface area contributed by atoms with Gasteiger partial charge in [0.25, 0.3) is 10.1 Å². The number of fused-ring (bicyclic) bond motifs is 1. The van der Waals surface area contributed by atoms with Gasteiger partial charge in [-0.05, 0) is 18.4 Å². The molecule has 0 aliphatic carbocycles. The van der Waals surface area contributed by atoms with E-state index < -0.39 is 10.1 Å². The number of rotatable bonds is 8. The van der Waals surface area contributed by atoms with E-state index in [2.05, 4.69) is 12.1 Å². The van der Waals surface area contributed by atoms with Crippen LogP contribution in [0.2, 0.25) is 0 Å². The van der Waals surface area contributed by atoms with Crippen LogP contribution in [0.5, 0.6) is 11.5 Å². The maximum atomic E-state index is 10.8. The van der Waals surface area contributed by atoms with Crippen LogP contribution in [0.3, 0.4) is 0 Å². The van der Waals surface area contributed by atoms with Crippen molar-refractivity contribution in [1.29, 1.82) is 0 Å². The molecule has 9 heteroatoms. The Morgan fingerprint density at radius 1 is 1.15 bits per heavy atom. The molecule has 1 aromatic carbocycles. The summed E-state index contributed by atoms with van der Waals surface area (Å²) >= 11 is 1.53. The van der Waals surface area contributed by atoms with Gasteiger partial charge in [-0.3, -0.25) is 4.55 Å². The van der Waals surface area contributed by atoms with E-state index in [4.69, 9.17) is 18.8 Å². The Morgan fingerprint density at radius 2 is 1.78 bits per heavy atom. The van der Waals surface area contributed by atoms with Gasteiger partial charge in [0, 0.05) is 17.4 Å². The van der Waals surface area contributed by atoms with E-state index in [1.54, 1.807) is 0 Å². The van der Waals surface area contributed by atoms with Gasteiger partial charge >= 0.3 is 29.6 Å². The van der Waals surface area contributed by atoms with Gasteiger partial charge < -0.3 is 15.6 Å². The second-order valence-corrected chi connectivity index (χ2v) is 8.85. The van der Waals surface area contributed by atoms with Crippen molar-refractivity contribution in [3.8, 4) is 11.5 Å². The summed E-state index contributed by atoms with van der Waals surface area (Å²) in [4.78, 5) is 0. The summed E-state index contributed by atoms with van der Waals surface area (Å²) in [5, 5.41) is 3.84. The van der Waals surface area contributed by atoms with E-state index in [1.165, 1.54) is 11.3 Å². The molecule has 1 aliphatic heterocycles. The molecular formula is C18H23NaO6S2. The minimum Gasteiger partial charge on any atom is -1.00 e. The zero-order valence-corrected chi connectivity index (χ0v) is 18.9. The fourth-order valence-electron chi connectivity index (χ4n) is 2.88. The molecule has 1 N–H and O–H groups in total. The van der Waals surface area contributed by atoms with Crippen molar-refractivity contribution >= 4 is 21.5 Å². The summed E-state index contributed by atoms with van der Waals surface area (Å²) in [7, 11) is -3.96. The number of thiophene rings is 1. The number of hydrogen-bond acceptors (Lipinski definition) is 6. The van der Waals surface area contributed by atoms with Gasteiger partial charge in [-0.25, -0.2) is 0 Å². The van der Waals surface area contributed by atoms with Crippen LogP contribution in [0, 0.1) is 5.41 Å². The molecule has 3 rings (SSSR count). The standard InChI is InChI=1S/C18H22O6S2.Na.H/c19-26(20,21)8-4-7-22-12-18(9-15-5-2-1-3-6-15)13-23-16-10-25-11-17(16)24-14-18;;/h1-3,5-6,10-11H,4,7-9,12-14H2,(H,19,20,21);;/q;+1;-1. The Balaban J connectivity index is 0.00000196. The molecular weight excluding hydrogens is 399 g/mol. The molecule has 0 saturated heterocycles. The fraction of sp³-hybridized carbons (Fsp3) is 0.444. The van der Waals surface area contributed by atoms with Crippen LogP contribution >= 0.6 is 11.3 Å². The van der Waals surface area contributed by atoms with Gasteiger partial charge in [0.05, 0.1) is 31.0 Å². The average Bonchev–Trinajstić information content (AvgIpc) is 2.99. The Hall–Kier alpha value is -0.610. The molecule has 0 saturated carbocycles. The zero-order chi connectivity index (χ0) is 18.5. The van der Waals surface area contributed by atoms with Crippen molar-refractivity contribution in [2.24, 2.45) is 5.41 Å². The first kappa shape index (κ1) is 22.7. The molecule has 27 heavy (non-hydrogen) atoms. The van der Waals surface area contributed by atoms with Gasteiger partial charge in [-0.15, -0.1) is 11.3 Å². The van der Waals surface area contributed by atoms with Gasteiger partial charge in [0.1, 0.15) is 0 Å². The first-order valence-electron chi connectivity index (χ1n) is 8.34. The van der Waals surface area contributed by atoms with Crippen molar-refractivity contribution in [2.75, 3.05) is 32.2 Å². The Kier molecular flexibility index (Phi) is 8.61. The normalized spacial score (nSPS) is 15.6. The summed E-state index contributed by atoms with van der Waals surface area (Å²) in [5.74, 6) is 1.19. The topological polar surface area (TPSA) is 82.1 Å². The van der Waals surface area contributed by atoms with Crippen LogP contribution in [-0.4, -0.2) is 45.2 Å². The fourth-order valence-corrected chi connectivity index (χ4v) is 4.05. The number of hydrogen-bond donors (Lipinski definition) is 1. The third kappa shape index (κ3) is 7.05. The largest absolute Gasteiger partial charge is 1.00 e. The molecule has 0 atom stereocenters. The van der Waals surface area contributed by atoms with Crippen molar-refractivity contribution in [3.63, 3.8) is 0 Å². The van der Waals surface area contributed by atoms with Crippen molar-refractivity contribution in [3.05, 3.63) is 46.7 Å².